The fraction of sp³-hybridized carbons (Fsp3) is 0.700. The molecule has 1 unspecified atom stereocenters. The molecular formula is C10H18O3. The van der Waals surface area contributed by atoms with Crippen molar-refractivity contribution in [3.8, 4) is 0 Å². The zero-order chi connectivity index (χ0) is 10.3. The lowest BCUT2D eigenvalue weighted by Crippen LogP contribution is -2.13. The van der Waals surface area contributed by atoms with Gasteiger partial charge in [-0.3, -0.25) is 0 Å². The molecule has 0 saturated heterocycles. The largest absolute Gasteiger partial charge is 0.463 e. The molecule has 0 aliphatic rings. The molecule has 0 spiro atoms. The number of ether oxygens (including phenoxy) is 1. The van der Waals surface area contributed by atoms with Crippen LogP contribution in [0, 0.1) is 5.92 Å². The van der Waals surface area contributed by atoms with E-state index in [2.05, 4.69) is 4.74 Å². The van der Waals surface area contributed by atoms with Crippen molar-refractivity contribution < 1.29 is 14.6 Å². The standard InChI is InChI=1S/C10H18O3/c1-4-13-10(12)7-5-6-9(11)8(2)3/h5,7-9,11H,4,6H2,1-3H3. The van der Waals surface area contributed by atoms with E-state index in [0.29, 0.717) is 13.0 Å². The number of esters is 1. The van der Waals surface area contributed by atoms with Gasteiger partial charge in [0, 0.05) is 6.08 Å². The van der Waals surface area contributed by atoms with Gasteiger partial charge in [-0.1, -0.05) is 19.9 Å². The van der Waals surface area contributed by atoms with Gasteiger partial charge in [-0.25, -0.2) is 4.79 Å². The third-order valence-corrected chi connectivity index (χ3v) is 1.69. The summed E-state index contributed by atoms with van der Waals surface area (Å²) in [6, 6.07) is 0. The molecule has 13 heavy (non-hydrogen) atoms. The van der Waals surface area contributed by atoms with Crippen LogP contribution < -0.4 is 0 Å². The van der Waals surface area contributed by atoms with Crippen molar-refractivity contribution in [3.63, 3.8) is 0 Å². The highest BCUT2D eigenvalue weighted by Gasteiger charge is 2.06. The lowest BCUT2D eigenvalue weighted by molar-refractivity contribution is -0.137. The molecule has 0 bridgehead atoms. The molecule has 0 aromatic carbocycles. The van der Waals surface area contributed by atoms with Crippen molar-refractivity contribution in [1.29, 1.82) is 0 Å². The fourth-order valence-electron chi connectivity index (χ4n) is 0.766. The van der Waals surface area contributed by atoms with Gasteiger partial charge in [0.1, 0.15) is 0 Å². The molecule has 0 aromatic rings. The first-order chi connectivity index (χ1) is 6.07. The Hall–Kier alpha value is -0.830. The third kappa shape index (κ3) is 6.34. The number of aliphatic hydroxyl groups excluding tert-OH is 1. The maximum atomic E-state index is 10.8. The van der Waals surface area contributed by atoms with Gasteiger partial charge in [-0.2, -0.15) is 0 Å². The lowest BCUT2D eigenvalue weighted by Gasteiger charge is -2.10. The van der Waals surface area contributed by atoms with E-state index in [4.69, 9.17) is 0 Å². The number of hydrogen-bond donors (Lipinski definition) is 1. The Morgan fingerprint density at radius 2 is 2.15 bits per heavy atom. The zero-order valence-corrected chi connectivity index (χ0v) is 8.49. The topological polar surface area (TPSA) is 46.5 Å². The smallest absolute Gasteiger partial charge is 0.330 e. The van der Waals surface area contributed by atoms with Gasteiger partial charge < -0.3 is 9.84 Å². The Bertz CT molecular complexity index is 173. The van der Waals surface area contributed by atoms with Crippen LogP contribution in [0.4, 0.5) is 0 Å². The molecule has 0 fully saturated rings. The van der Waals surface area contributed by atoms with Gasteiger partial charge in [0.25, 0.3) is 0 Å². The van der Waals surface area contributed by atoms with Gasteiger partial charge in [0.15, 0.2) is 0 Å². The van der Waals surface area contributed by atoms with Crippen LogP contribution in [0.2, 0.25) is 0 Å². The molecule has 3 nitrogen and oxygen atoms in total. The molecule has 0 amide bonds. The van der Waals surface area contributed by atoms with Gasteiger partial charge in [0.2, 0.25) is 0 Å². The molecule has 0 rings (SSSR count). The Morgan fingerprint density at radius 1 is 1.54 bits per heavy atom. The molecule has 1 atom stereocenters. The second-order valence-corrected chi connectivity index (χ2v) is 3.20. The van der Waals surface area contributed by atoms with Crippen LogP contribution >= 0.6 is 0 Å². The fourth-order valence-corrected chi connectivity index (χ4v) is 0.766. The van der Waals surface area contributed by atoms with Crippen molar-refractivity contribution >= 4 is 5.97 Å². The predicted molar refractivity (Wildman–Crippen MR) is 51.2 cm³/mol. The molecular weight excluding hydrogens is 168 g/mol. The minimum absolute atomic E-state index is 0.215. The van der Waals surface area contributed by atoms with Gasteiger partial charge in [-0.15, -0.1) is 0 Å². The summed E-state index contributed by atoms with van der Waals surface area (Å²) >= 11 is 0. The highest BCUT2D eigenvalue weighted by molar-refractivity contribution is 5.81. The van der Waals surface area contributed by atoms with Crippen LogP contribution in [0.15, 0.2) is 12.2 Å². The Morgan fingerprint density at radius 3 is 2.62 bits per heavy atom. The van der Waals surface area contributed by atoms with Crippen LogP contribution in [-0.2, 0) is 9.53 Å². The van der Waals surface area contributed by atoms with E-state index in [1.807, 2.05) is 13.8 Å². The van der Waals surface area contributed by atoms with E-state index in [0.717, 1.165) is 0 Å². The van der Waals surface area contributed by atoms with Crippen molar-refractivity contribution in [3.05, 3.63) is 12.2 Å². The average Bonchev–Trinajstić information content (AvgIpc) is 2.04. The molecule has 76 valence electrons. The van der Waals surface area contributed by atoms with Crippen molar-refractivity contribution in [2.75, 3.05) is 6.61 Å². The summed E-state index contributed by atoms with van der Waals surface area (Å²) in [6.07, 6.45) is 3.11. The van der Waals surface area contributed by atoms with Gasteiger partial charge >= 0.3 is 5.97 Å². The summed E-state index contributed by atoms with van der Waals surface area (Å²) in [4.78, 5) is 10.8. The lowest BCUT2D eigenvalue weighted by atomic mass is 10.0. The Balaban J connectivity index is 3.68. The highest BCUT2D eigenvalue weighted by Crippen LogP contribution is 2.05. The number of rotatable bonds is 5. The maximum absolute atomic E-state index is 10.8. The molecule has 0 saturated carbocycles. The van der Waals surface area contributed by atoms with E-state index < -0.39 is 0 Å². The second kappa shape index (κ2) is 6.66. The first kappa shape index (κ1) is 12.2. The summed E-state index contributed by atoms with van der Waals surface area (Å²) in [5.74, 6) is -0.134. The number of aliphatic hydroxyl groups is 1. The molecule has 0 aliphatic heterocycles. The van der Waals surface area contributed by atoms with Crippen LogP contribution in [0.1, 0.15) is 27.2 Å². The monoisotopic (exact) mass is 186 g/mol. The molecule has 0 heterocycles. The van der Waals surface area contributed by atoms with E-state index in [-0.39, 0.29) is 18.0 Å². The van der Waals surface area contributed by atoms with E-state index in [9.17, 15) is 9.90 Å². The molecule has 1 N–H and O–H groups in total. The number of carbonyl (C=O) groups excluding carboxylic acids is 1. The van der Waals surface area contributed by atoms with Gasteiger partial charge in [-0.05, 0) is 19.3 Å². The normalized spacial score (nSPS) is 13.6. The Labute approximate surface area is 79.4 Å². The Kier molecular flexibility index (Phi) is 6.24. The summed E-state index contributed by atoms with van der Waals surface area (Å²) in [7, 11) is 0. The summed E-state index contributed by atoms with van der Waals surface area (Å²) in [6.45, 7) is 6.01. The van der Waals surface area contributed by atoms with Crippen LogP contribution in [0.5, 0.6) is 0 Å². The molecule has 0 radical (unpaired) electrons. The minimum atomic E-state index is -0.384. The van der Waals surface area contributed by atoms with Crippen molar-refractivity contribution in [2.45, 2.75) is 33.3 Å². The summed E-state index contributed by atoms with van der Waals surface area (Å²) in [5, 5.41) is 9.37. The zero-order valence-electron chi connectivity index (χ0n) is 8.49. The maximum Gasteiger partial charge on any atom is 0.330 e. The molecule has 3 heteroatoms. The first-order valence-electron chi connectivity index (χ1n) is 4.59. The van der Waals surface area contributed by atoms with E-state index in [1.165, 1.54) is 6.08 Å². The summed E-state index contributed by atoms with van der Waals surface area (Å²) < 4.78 is 4.68. The minimum Gasteiger partial charge on any atom is -0.463 e. The number of hydrogen-bond acceptors (Lipinski definition) is 3. The predicted octanol–water partition coefficient (Wildman–Crippen LogP) is 1.51. The van der Waals surface area contributed by atoms with Crippen molar-refractivity contribution in [2.24, 2.45) is 5.92 Å². The SMILES string of the molecule is CCOC(=O)C=CCC(O)C(C)C. The first-order valence-corrected chi connectivity index (χ1v) is 4.59. The average molecular weight is 186 g/mol. The third-order valence-electron chi connectivity index (χ3n) is 1.69. The number of carbonyl (C=O) groups is 1. The second-order valence-electron chi connectivity index (χ2n) is 3.20. The van der Waals surface area contributed by atoms with Crippen LogP contribution in [0.3, 0.4) is 0 Å². The quantitative estimate of drug-likeness (QED) is 0.523. The summed E-state index contributed by atoms with van der Waals surface area (Å²) in [5.41, 5.74) is 0. The van der Waals surface area contributed by atoms with E-state index in [1.54, 1.807) is 13.0 Å². The highest BCUT2D eigenvalue weighted by atomic mass is 16.5. The van der Waals surface area contributed by atoms with E-state index >= 15 is 0 Å². The molecule has 0 aliphatic carbocycles. The van der Waals surface area contributed by atoms with Crippen molar-refractivity contribution in [1.82, 2.24) is 0 Å². The van der Waals surface area contributed by atoms with Crippen LogP contribution in [0.25, 0.3) is 0 Å². The van der Waals surface area contributed by atoms with Crippen LogP contribution in [-0.4, -0.2) is 23.8 Å². The molecule has 0 aromatic heterocycles. The van der Waals surface area contributed by atoms with Gasteiger partial charge in [0.05, 0.1) is 12.7 Å².